The van der Waals surface area contributed by atoms with Crippen LogP contribution in [0, 0.1) is 5.41 Å². The Balaban J connectivity index is 2.26. The molecule has 4 heteroatoms. The molecule has 0 atom stereocenters. The van der Waals surface area contributed by atoms with E-state index >= 15 is 0 Å². The van der Waals surface area contributed by atoms with Crippen LogP contribution in [-0.2, 0) is 4.79 Å². The molecule has 1 aromatic carbocycles. The SMILES string of the molecule is COc1cccc(N(CCCN)C(=O)C2(C)CCCC2)c1. The van der Waals surface area contributed by atoms with Gasteiger partial charge in [0.2, 0.25) is 5.91 Å². The number of amides is 1. The van der Waals surface area contributed by atoms with E-state index in [2.05, 4.69) is 6.92 Å². The van der Waals surface area contributed by atoms with E-state index in [1.165, 1.54) is 0 Å². The molecule has 0 aromatic heterocycles. The Morgan fingerprint density at radius 1 is 1.38 bits per heavy atom. The summed E-state index contributed by atoms with van der Waals surface area (Å²) in [6.07, 6.45) is 5.05. The lowest BCUT2D eigenvalue weighted by Crippen LogP contribution is -2.42. The molecule has 0 bridgehead atoms. The highest BCUT2D eigenvalue weighted by atomic mass is 16.5. The predicted molar refractivity (Wildman–Crippen MR) is 85.6 cm³/mol. The number of benzene rings is 1. The number of nitrogens with two attached hydrogens (primary N) is 1. The van der Waals surface area contributed by atoms with Crippen molar-refractivity contribution in [3.05, 3.63) is 24.3 Å². The first-order valence-electron chi connectivity index (χ1n) is 7.77. The lowest BCUT2D eigenvalue weighted by atomic mass is 9.87. The van der Waals surface area contributed by atoms with Gasteiger partial charge < -0.3 is 15.4 Å². The fraction of sp³-hybridized carbons (Fsp3) is 0.588. The number of ether oxygens (including phenoxy) is 1. The quantitative estimate of drug-likeness (QED) is 0.876. The summed E-state index contributed by atoms with van der Waals surface area (Å²) in [6.45, 7) is 3.35. The number of methoxy groups -OCH3 is 1. The molecule has 1 aliphatic carbocycles. The van der Waals surface area contributed by atoms with E-state index in [0.29, 0.717) is 13.1 Å². The number of hydrogen-bond donors (Lipinski definition) is 1. The van der Waals surface area contributed by atoms with Gasteiger partial charge in [0, 0.05) is 23.7 Å². The Labute approximate surface area is 127 Å². The van der Waals surface area contributed by atoms with E-state index in [0.717, 1.165) is 43.5 Å². The van der Waals surface area contributed by atoms with Crippen LogP contribution < -0.4 is 15.4 Å². The highest BCUT2D eigenvalue weighted by Crippen LogP contribution is 2.40. The Hall–Kier alpha value is -1.55. The van der Waals surface area contributed by atoms with Crippen LogP contribution in [0.3, 0.4) is 0 Å². The number of anilines is 1. The molecule has 0 radical (unpaired) electrons. The highest BCUT2D eigenvalue weighted by Gasteiger charge is 2.39. The molecule has 1 aliphatic rings. The fourth-order valence-electron chi connectivity index (χ4n) is 3.07. The molecule has 1 amide bonds. The lowest BCUT2D eigenvalue weighted by molar-refractivity contribution is -0.127. The van der Waals surface area contributed by atoms with Crippen molar-refractivity contribution in [2.24, 2.45) is 11.1 Å². The van der Waals surface area contributed by atoms with Crippen LogP contribution in [-0.4, -0.2) is 26.1 Å². The fourth-order valence-corrected chi connectivity index (χ4v) is 3.07. The molecule has 21 heavy (non-hydrogen) atoms. The Morgan fingerprint density at radius 3 is 2.71 bits per heavy atom. The first-order valence-corrected chi connectivity index (χ1v) is 7.77. The van der Waals surface area contributed by atoms with Gasteiger partial charge in [-0.05, 0) is 37.9 Å². The van der Waals surface area contributed by atoms with Crippen molar-refractivity contribution in [1.29, 1.82) is 0 Å². The molecule has 2 N–H and O–H groups in total. The maximum Gasteiger partial charge on any atom is 0.232 e. The zero-order valence-corrected chi connectivity index (χ0v) is 13.1. The minimum absolute atomic E-state index is 0.224. The topological polar surface area (TPSA) is 55.6 Å². The highest BCUT2D eigenvalue weighted by molar-refractivity contribution is 5.97. The molecule has 1 saturated carbocycles. The van der Waals surface area contributed by atoms with Crippen LogP contribution in [0.15, 0.2) is 24.3 Å². The number of hydrogen-bond acceptors (Lipinski definition) is 3. The minimum atomic E-state index is -0.225. The number of carbonyl (C=O) groups is 1. The Bertz CT molecular complexity index is 481. The Morgan fingerprint density at radius 2 is 2.10 bits per heavy atom. The molecule has 2 rings (SSSR count). The molecule has 4 nitrogen and oxygen atoms in total. The molecule has 0 heterocycles. The van der Waals surface area contributed by atoms with Gasteiger partial charge in [0.1, 0.15) is 5.75 Å². The largest absolute Gasteiger partial charge is 0.497 e. The summed E-state index contributed by atoms with van der Waals surface area (Å²) in [6, 6.07) is 7.71. The molecule has 0 spiro atoms. The van der Waals surface area contributed by atoms with Gasteiger partial charge in [0.25, 0.3) is 0 Å². The number of rotatable bonds is 6. The van der Waals surface area contributed by atoms with Gasteiger partial charge in [-0.3, -0.25) is 4.79 Å². The van der Waals surface area contributed by atoms with Crippen LogP contribution in [0.1, 0.15) is 39.0 Å². The lowest BCUT2D eigenvalue weighted by Gasteiger charge is -2.32. The van der Waals surface area contributed by atoms with E-state index in [-0.39, 0.29) is 11.3 Å². The third kappa shape index (κ3) is 3.56. The standard InChI is InChI=1S/C17H26N2O2/c1-17(9-3-4-10-17)16(20)19(12-6-11-18)14-7-5-8-15(13-14)21-2/h5,7-8,13H,3-4,6,9-12,18H2,1-2H3. The van der Waals surface area contributed by atoms with Crippen molar-refractivity contribution >= 4 is 11.6 Å². The summed E-state index contributed by atoms with van der Waals surface area (Å²) in [7, 11) is 1.64. The normalized spacial score (nSPS) is 16.7. The zero-order valence-electron chi connectivity index (χ0n) is 13.1. The third-order valence-corrected chi connectivity index (χ3v) is 4.42. The Kier molecular flexibility index (Phi) is 5.23. The average molecular weight is 290 g/mol. The molecule has 0 aliphatic heterocycles. The third-order valence-electron chi connectivity index (χ3n) is 4.42. The van der Waals surface area contributed by atoms with Crippen LogP contribution in [0.5, 0.6) is 5.75 Å². The van der Waals surface area contributed by atoms with Gasteiger partial charge in [0.15, 0.2) is 0 Å². The van der Waals surface area contributed by atoms with E-state index in [1.54, 1.807) is 7.11 Å². The van der Waals surface area contributed by atoms with Crippen molar-refractivity contribution in [3.63, 3.8) is 0 Å². The molecule has 116 valence electrons. The smallest absolute Gasteiger partial charge is 0.232 e. The summed E-state index contributed by atoms with van der Waals surface area (Å²) in [5, 5.41) is 0. The second-order valence-corrected chi connectivity index (χ2v) is 6.07. The van der Waals surface area contributed by atoms with Gasteiger partial charge >= 0.3 is 0 Å². The molecule has 0 saturated heterocycles. The summed E-state index contributed by atoms with van der Waals surface area (Å²) in [5.74, 6) is 0.997. The second-order valence-electron chi connectivity index (χ2n) is 6.07. The average Bonchev–Trinajstić information content (AvgIpc) is 2.96. The summed E-state index contributed by atoms with van der Waals surface area (Å²) >= 11 is 0. The second kappa shape index (κ2) is 6.94. The number of nitrogens with zero attached hydrogens (tertiary/aromatic N) is 1. The maximum absolute atomic E-state index is 13.0. The van der Waals surface area contributed by atoms with Crippen molar-refractivity contribution in [2.75, 3.05) is 25.1 Å². The first-order chi connectivity index (χ1) is 10.1. The molecular weight excluding hydrogens is 264 g/mol. The van der Waals surface area contributed by atoms with Crippen LogP contribution in [0.2, 0.25) is 0 Å². The predicted octanol–water partition coefficient (Wildman–Crippen LogP) is 2.96. The number of carbonyl (C=O) groups excluding carboxylic acids is 1. The van der Waals surface area contributed by atoms with E-state index in [4.69, 9.17) is 10.5 Å². The van der Waals surface area contributed by atoms with Gasteiger partial charge in [-0.2, -0.15) is 0 Å². The van der Waals surface area contributed by atoms with Crippen LogP contribution in [0.25, 0.3) is 0 Å². The monoisotopic (exact) mass is 290 g/mol. The van der Waals surface area contributed by atoms with Crippen molar-refractivity contribution in [3.8, 4) is 5.75 Å². The van der Waals surface area contributed by atoms with Gasteiger partial charge in [-0.25, -0.2) is 0 Å². The molecule has 1 fully saturated rings. The van der Waals surface area contributed by atoms with E-state index in [1.807, 2.05) is 29.2 Å². The van der Waals surface area contributed by atoms with Crippen molar-refractivity contribution in [1.82, 2.24) is 0 Å². The maximum atomic E-state index is 13.0. The first kappa shape index (κ1) is 15.8. The van der Waals surface area contributed by atoms with E-state index < -0.39 is 0 Å². The summed E-state index contributed by atoms with van der Waals surface area (Å²) in [4.78, 5) is 14.9. The zero-order chi connectivity index (χ0) is 15.3. The van der Waals surface area contributed by atoms with Gasteiger partial charge in [0.05, 0.1) is 7.11 Å². The van der Waals surface area contributed by atoms with Crippen LogP contribution >= 0.6 is 0 Å². The molecular formula is C17H26N2O2. The van der Waals surface area contributed by atoms with Crippen molar-refractivity contribution < 1.29 is 9.53 Å². The molecule has 1 aromatic rings. The minimum Gasteiger partial charge on any atom is -0.497 e. The van der Waals surface area contributed by atoms with Gasteiger partial charge in [-0.15, -0.1) is 0 Å². The summed E-state index contributed by atoms with van der Waals surface area (Å²) < 4.78 is 5.28. The molecule has 0 unspecified atom stereocenters. The van der Waals surface area contributed by atoms with E-state index in [9.17, 15) is 4.79 Å². The summed E-state index contributed by atoms with van der Waals surface area (Å²) in [5.41, 5.74) is 6.31. The van der Waals surface area contributed by atoms with Crippen molar-refractivity contribution in [2.45, 2.75) is 39.0 Å². The van der Waals surface area contributed by atoms with Gasteiger partial charge in [-0.1, -0.05) is 25.8 Å². The van der Waals surface area contributed by atoms with Crippen LogP contribution in [0.4, 0.5) is 5.69 Å².